The second-order valence-electron chi connectivity index (χ2n) is 8.05. The van der Waals surface area contributed by atoms with Crippen LogP contribution in [0.5, 0.6) is 0 Å². The number of hydrogen-bond acceptors (Lipinski definition) is 5. The van der Waals surface area contributed by atoms with Gasteiger partial charge in [-0.05, 0) is 35.8 Å². The maximum atomic E-state index is 13.2. The van der Waals surface area contributed by atoms with Gasteiger partial charge in [0.1, 0.15) is 22.1 Å². The van der Waals surface area contributed by atoms with Gasteiger partial charge in [-0.25, -0.2) is 0 Å². The Bertz CT molecular complexity index is 1260. The monoisotopic (exact) mass is 420 g/mol. The molecular formula is C24H24N2O3S. The Kier molecular flexibility index (Phi) is 6.23. The number of furan rings is 1. The molecule has 0 spiro atoms. The van der Waals surface area contributed by atoms with Gasteiger partial charge in [0.25, 0.3) is 5.56 Å². The van der Waals surface area contributed by atoms with Crippen LogP contribution >= 0.6 is 11.3 Å². The Morgan fingerprint density at radius 1 is 1.23 bits per heavy atom. The zero-order valence-electron chi connectivity index (χ0n) is 17.6. The number of Topliss-reactive ketones (excluding diaryl/α,β-unsaturated/α-hetero) is 1. The lowest BCUT2D eigenvalue weighted by Gasteiger charge is -2.15. The Morgan fingerprint density at radius 2 is 1.93 bits per heavy atom. The quantitative estimate of drug-likeness (QED) is 0.635. The van der Waals surface area contributed by atoms with Crippen molar-refractivity contribution in [3.8, 4) is 6.07 Å². The van der Waals surface area contributed by atoms with E-state index in [0.29, 0.717) is 15.0 Å². The average molecular weight is 421 g/mol. The van der Waals surface area contributed by atoms with E-state index in [2.05, 4.69) is 6.92 Å². The fraction of sp³-hybridized carbons (Fsp3) is 0.292. The van der Waals surface area contributed by atoms with Crippen molar-refractivity contribution < 1.29 is 9.21 Å². The largest absolute Gasteiger partial charge is 0.467 e. The van der Waals surface area contributed by atoms with E-state index in [1.54, 1.807) is 39.0 Å². The van der Waals surface area contributed by atoms with Gasteiger partial charge in [0.15, 0.2) is 5.78 Å². The number of aromatic nitrogens is 1. The molecule has 0 aliphatic heterocycles. The number of benzene rings is 1. The summed E-state index contributed by atoms with van der Waals surface area (Å²) >= 11 is 1.16. The predicted molar refractivity (Wildman–Crippen MR) is 119 cm³/mol. The number of thiazole rings is 1. The minimum absolute atomic E-state index is 0.00265. The first kappa shape index (κ1) is 21.5. The average Bonchev–Trinajstić information content (AvgIpc) is 3.33. The van der Waals surface area contributed by atoms with Gasteiger partial charge in [0.2, 0.25) is 0 Å². The summed E-state index contributed by atoms with van der Waals surface area (Å²) in [7, 11) is 0. The van der Waals surface area contributed by atoms with Gasteiger partial charge in [-0.2, -0.15) is 5.26 Å². The smallest absolute Gasteiger partial charge is 0.269 e. The lowest BCUT2D eigenvalue weighted by Crippen LogP contribution is -2.34. The normalized spacial score (nSPS) is 13.2. The standard InChI is InChI=1S/C24H24N2O3S/c1-5-16-8-10-17(11-9-16)13-20-22(28)26(15-18-7-6-12-29-18)23(30-20)19(14-25)21(27)24(2,3)4/h6-13H,5,15H2,1-4H3. The van der Waals surface area contributed by atoms with E-state index in [0.717, 1.165) is 23.3 Å². The van der Waals surface area contributed by atoms with Gasteiger partial charge in [-0.3, -0.25) is 14.2 Å². The SMILES string of the molecule is CCc1ccc(C=c2sc(=C(C#N)C(=O)C(C)(C)C)n(Cc3ccco3)c2=O)cc1. The number of nitriles is 1. The van der Waals surface area contributed by atoms with E-state index < -0.39 is 5.41 Å². The van der Waals surface area contributed by atoms with Crippen LogP contribution in [0.4, 0.5) is 0 Å². The van der Waals surface area contributed by atoms with Gasteiger partial charge in [0, 0.05) is 5.41 Å². The van der Waals surface area contributed by atoms with Gasteiger partial charge >= 0.3 is 0 Å². The molecule has 0 aliphatic carbocycles. The molecule has 0 aliphatic rings. The Balaban J connectivity index is 2.27. The zero-order valence-corrected chi connectivity index (χ0v) is 18.4. The van der Waals surface area contributed by atoms with Crippen molar-refractivity contribution in [1.29, 1.82) is 5.26 Å². The second-order valence-corrected chi connectivity index (χ2v) is 9.08. The molecule has 0 N–H and O–H groups in total. The van der Waals surface area contributed by atoms with Crippen molar-refractivity contribution in [2.45, 2.75) is 40.7 Å². The molecule has 0 saturated heterocycles. The van der Waals surface area contributed by atoms with Crippen LogP contribution in [0, 0.1) is 16.7 Å². The van der Waals surface area contributed by atoms with Crippen LogP contribution in [0.1, 0.15) is 44.6 Å². The molecular weight excluding hydrogens is 396 g/mol. The number of hydrogen-bond donors (Lipinski definition) is 0. The maximum Gasteiger partial charge on any atom is 0.269 e. The summed E-state index contributed by atoms with van der Waals surface area (Å²) in [4.78, 5) is 26.1. The summed E-state index contributed by atoms with van der Waals surface area (Å²) in [6.07, 6.45) is 4.27. The molecule has 154 valence electrons. The van der Waals surface area contributed by atoms with Gasteiger partial charge in [-0.15, -0.1) is 11.3 Å². The van der Waals surface area contributed by atoms with Gasteiger partial charge in [-0.1, -0.05) is 52.0 Å². The summed E-state index contributed by atoms with van der Waals surface area (Å²) in [5, 5.41) is 9.76. The van der Waals surface area contributed by atoms with E-state index in [9.17, 15) is 14.9 Å². The molecule has 1 aromatic carbocycles. The highest BCUT2D eigenvalue weighted by Crippen LogP contribution is 2.19. The van der Waals surface area contributed by atoms with Crippen LogP contribution in [-0.4, -0.2) is 10.4 Å². The first-order valence-corrected chi connectivity index (χ1v) is 10.6. The Labute approximate surface area is 179 Å². The first-order chi connectivity index (χ1) is 14.2. The Morgan fingerprint density at radius 3 is 2.47 bits per heavy atom. The number of nitrogens with zero attached hydrogens (tertiary/aromatic N) is 2. The van der Waals surface area contributed by atoms with Crippen molar-refractivity contribution in [3.05, 3.63) is 79.1 Å². The molecule has 30 heavy (non-hydrogen) atoms. The summed E-state index contributed by atoms with van der Waals surface area (Å²) < 4.78 is 7.68. The van der Waals surface area contributed by atoms with E-state index in [-0.39, 0.29) is 23.5 Å². The molecule has 3 rings (SSSR count). The highest BCUT2D eigenvalue weighted by Gasteiger charge is 2.27. The molecule has 5 nitrogen and oxygen atoms in total. The Hall–Kier alpha value is -3.17. The topological polar surface area (TPSA) is 76.0 Å². The number of carbonyl (C=O) groups is 1. The van der Waals surface area contributed by atoms with Crippen LogP contribution < -0.4 is 14.8 Å². The lowest BCUT2D eigenvalue weighted by atomic mass is 9.87. The summed E-state index contributed by atoms with van der Waals surface area (Å²) in [5.41, 5.74) is 1.12. The van der Waals surface area contributed by atoms with Crippen molar-refractivity contribution >= 4 is 28.8 Å². The van der Waals surface area contributed by atoms with Gasteiger partial charge in [0.05, 0.1) is 17.3 Å². The number of rotatable bonds is 5. The lowest BCUT2D eigenvalue weighted by molar-refractivity contribution is -0.120. The molecule has 0 amide bonds. The molecule has 0 unspecified atom stereocenters. The van der Waals surface area contributed by atoms with Crippen molar-refractivity contribution in [2.75, 3.05) is 0 Å². The molecule has 0 radical (unpaired) electrons. The van der Waals surface area contributed by atoms with Crippen LogP contribution in [-0.2, 0) is 17.8 Å². The van der Waals surface area contributed by atoms with Crippen LogP contribution in [0.3, 0.4) is 0 Å². The van der Waals surface area contributed by atoms with Crippen LogP contribution in [0.25, 0.3) is 11.6 Å². The third-order valence-corrected chi connectivity index (χ3v) is 5.85. The van der Waals surface area contributed by atoms with E-state index in [1.165, 1.54) is 16.4 Å². The van der Waals surface area contributed by atoms with Crippen molar-refractivity contribution in [1.82, 2.24) is 4.57 Å². The van der Waals surface area contributed by atoms with Gasteiger partial charge < -0.3 is 4.42 Å². The van der Waals surface area contributed by atoms with Crippen LogP contribution in [0.2, 0.25) is 0 Å². The molecule has 0 saturated carbocycles. The van der Waals surface area contributed by atoms with Crippen molar-refractivity contribution in [2.24, 2.45) is 5.41 Å². The van der Waals surface area contributed by atoms with E-state index in [4.69, 9.17) is 4.42 Å². The second kappa shape index (κ2) is 8.68. The summed E-state index contributed by atoms with van der Waals surface area (Å²) in [6.45, 7) is 7.53. The molecule has 0 atom stereocenters. The zero-order chi connectivity index (χ0) is 21.9. The predicted octanol–water partition coefficient (Wildman–Crippen LogP) is 3.23. The molecule has 0 bridgehead atoms. The highest BCUT2D eigenvalue weighted by molar-refractivity contribution is 7.07. The van der Waals surface area contributed by atoms with E-state index >= 15 is 0 Å². The maximum absolute atomic E-state index is 13.2. The highest BCUT2D eigenvalue weighted by atomic mass is 32.1. The fourth-order valence-corrected chi connectivity index (χ4v) is 4.08. The number of ketones is 1. The number of aryl methyl sites for hydroxylation is 1. The molecule has 0 fully saturated rings. The number of carbonyl (C=O) groups excluding carboxylic acids is 1. The molecule has 6 heteroatoms. The molecule has 2 aromatic heterocycles. The first-order valence-electron chi connectivity index (χ1n) is 9.76. The molecule has 2 heterocycles. The van der Waals surface area contributed by atoms with Crippen molar-refractivity contribution in [3.63, 3.8) is 0 Å². The third kappa shape index (κ3) is 4.52. The minimum atomic E-state index is -0.736. The molecule has 3 aromatic rings. The minimum Gasteiger partial charge on any atom is -0.467 e. The van der Waals surface area contributed by atoms with E-state index in [1.807, 2.05) is 30.3 Å². The summed E-state index contributed by atoms with van der Waals surface area (Å²) in [5.74, 6) is 0.286. The fourth-order valence-electron chi connectivity index (χ4n) is 2.98. The summed E-state index contributed by atoms with van der Waals surface area (Å²) in [6, 6.07) is 13.5. The third-order valence-electron chi connectivity index (χ3n) is 4.72. The van der Waals surface area contributed by atoms with Crippen LogP contribution in [0.15, 0.2) is 51.9 Å².